The molecule has 15 nitrogen and oxygen atoms in total. The summed E-state index contributed by atoms with van der Waals surface area (Å²) < 4.78 is 113. The van der Waals surface area contributed by atoms with Gasteiger partial charge in [-0.2, -0.15) is 0 Å². The Morgan fingerprint density at radius 3 is 1.39 bits per heavy atom. The van der Waals surface area contributed by atoms with E-state index in [1.54, 1.807) is 53.7 Å². The van der Waals surface area contributed by atoms with E-state index in [0.717, 1.165) is 66.3 Å². The number of likely N-dealkylation sites (tertiary alicyclic amines) is 1. The summed E-state index contributed by atoms with van der Waals surface area (Å²) in [7, 11) is -8.70. The molecule has 0 N–H and O–H groups in total. The van der Waals surface area contributed by atoms with Crippen molar-refractivity contribution in [2.24, 2.45) is 0 Å². The van der Waals surface area contributed by atoms with E-state index >= 15 is 0 Å². The number of anilines is 2. The van der Waals surface area contributed by atoms with Crippen LogP contribution >= 0.6 is 23.2 Å². The minimum atomic E-state index is -4.35. The van der Waals surface area contributed by atoms with Crippen molar-refractivity contribution in [3.05, 3.63) is 150 Å². The highest BCUT2D eigenvalue weighted by molar-refractivity contribution is 7.94. The van der Waals surface area contributed by atoms with Gasteiger partial charge in [0, 0.05) is 19.4 Å². The average molecular weight is 1230 g/mol. The third-order valence-corrected chi connectivity index (χ3v) is 20.2. The molecule has 0 bridgehead atoms. The minimum absolute atomic E-state index is 0.0467. The van der Waals surface area contributed by atoms with Gasteiger partial charge in [0.1, 0.15) is 39.4 Å². The quantitative estimate of drug-likeness (QED) is 0.0569. The summed E-state index contributed by atoms with van der Waals surface area (Å²) in [6, 6.07) is 13.4. The lowest BCUT2D eigenvalue weighted by atomic mass is 9.90. The topological polar surface area (TPSA) is 183 Å². The van der Waals surface area contributed by atoms with Crippen LogP contribution in [0.15, 0.2) is 84.0 Å². The first-order valence-corrected chi connectivity index (χ1v) is 31.8. The molecule has 7 rings (SSSR count). The standard InChI is InChI=1S/C62H75Cl2F2N3O12S2/c1-11-78-57(70)46-18-13-15-21-55(46)82(74,75)68(52-25-23-44(65)32-50(52)63)36-42-28-38(3)48(39(4)29-42)34-61(7,8)80-59(72)54-20-17-27-67(54)60(73)81-62(9,10)35-49-40(5)30-43(31-41(49)6)37-69(53-26-24-45(66)33-51(53)64)83(76,77)56-22-16-14-19-47(56)58(71)79-12-2/h18-19,23-26,28-33,54-56H,11-17,20-22,27,34-37H2,1-10H3/t54-,55?,56?/m0/s1. The molecule has 1 heterocycles. The number of amides is 1. The molecule has 1 saturated heterocycles. The largest absolute Gasteiger partial charge is 0.463 e. The van der Waals surface area contributed by atoms with Gasteiger partial charge in [0.15, 0.2) is 0 Å². The summed E-state index contributed by atoms with van der Waals surface area (Å²) in [6.45, 7) is 17.9. The fourth-order valence-electron chi connectivity index (χ4n) is 11.5. The fourth-order valence-corrected chi connectivity index (χ4v) is 16.2. The van der Waals surface area contributed by atoms with E-state index in [-0.39, 0.29) is 91.1 Å². The molecule has 1 amide bonds. The zero-order valence-electron chi connectivity index (χ0n) is 48.8. The van der Waals surface area contributed by atoms with E-state index in [9.17, 15) is 44.8 Å². The van der Waals surface area contributed by atoms with Gasteiger partial charge in [-0.05, 0) is 202 Å². The summed E-state index contributed by atoms with van der Waals surface area (Å²) in [6.07, 6.45) is 6.32. The summed E-state index contributed by atoms with van der Waals surface area (Å²) in [5.41, 5.74) is 4.04. The maximum Gasteiger partial charge on any atom is 0.411 e. The van der Waals surface area contributed by atoms with Crippen LogP contribution in [0.1, 0.15) is 137 Å². The van der Waals surface area contributed by atoms with Crippen molar-refractivity contribution in [2.75, 3.05) is 28.4 Å². The minimum Gasteiger partial charge on any atom is -0.463 e. The molecule has 0 radical (unpaired) electrons. The van der Waals surface area contributed by atoms with Gasteiger partial charge in [-0.1, -0.05) is 59.6 Å². The van der Waals surface area contributed by atoms with E-state index in [1.165, 1.54) is 17.0 Å². The lowest BCUT2D eigenvalue weighted by Crippen LogP contribution is -2.47. The molecule has 4 aromatic rings. The van der Waals surface area contributed by atoms with Gasteiger partial charge < -0.3 is 18.9 Å². The van der Waals surface area contributed by atoms with Gasteiger partial charge in [0.2, 0.25) is 20.0 Å². The number of carbonyl (C=O) groups is 4. The monoisotopic (exact) mass is 1230 g/mol. The van der Waals surface area contributed by atoms with Crippen molar-refractivity contribution in [1.82, 2.24) is 4.90 Å². The summed E-state index contributed by atoms with van der Waals surface area (Å²) in [5, 5.41) is -2.70. The van der Waals surface area contributed by atoms with Crippen LogP contribution in [0.3, 0.4) is 0 Å². The van der Waals surface area contributed by atoms with Gasteiger partial charge >= 0.3 is 24.0 Å². The fraction of sp³-hybridized carbons (Fsp3) is 0.484. The molecule has 0 aromatic heterocycles. The van der Waals surface area contributed by atoms with Crippen LogP contribution in [0.5, 0.6) is 0 Å². The Morgan fingerprint density at radius 2 is 1.00 bits per heavy atom. The predicted molar refractivity (Wildman–Crippen MR) is 317 cm³/mol. The number of hydrogen-bond donors (Lipinski definition) is 0. The first-order chi connectivity index (χ1) is 39.0. The molecular weight excluding hydrogens is 1150 g/mol. The van der Waals surface area contributed by atoms with Crippen LogP contribution in [0.25, 0.3) is 0 Å². The number of nitrogens with zero attached hydrogens (tertiary/aromatic N) is 3. The Labute approximate surface area is 497 Å². The molecule has 450 valence electrons. The number of hydrogen-bond acceptors (Lipinski definition) is 12. The van der Waals surface area contributed by atoms with E-state index in [1.807, 2.05) is 52.0 Å². The Kier molecular flexibility index (Phi) is 20.6. The van der Waals surface area contributed by atoms with Gasteiger partial charge in [-0.25, -0.2) is 44.8 Å². The third-order valence-electron chi connectivity index (χ3n) is 15.3. The van der Waals surface area contributed by atoms with Crippen molar-refractivity contribution < 1.29 is 63.7 Å². The molecule has 1 aliphatic heterocycles. The number of benzene rings is 4. The third kappa shape index (κ3) is 15.1. The van der Waals surface area contributed by atoms with Crippen LogP contribution in [-0.2, 0) is 79.3 Å². The molecule has 4 aromatic carbocycles. The number of carbonyl (C=O) groups excluding carboxylic acids is 4. The first kappa shape index (κ1) is 64.5. The van der Waals surface area contributed by atoms with Gasteiger partial charge in [-0.15, -0.1) is 0 Å². The second-order valence-electron chi connectivity index (χ2n) is 22.8. The molecule has 0 spiro atoms. The van der Waals surface area contributed by atoms with E-state index in [2.05, 4.69) is 0 Å². The molecular formula is C62H75Cl2F2N3O12S2. The predicted octanol–water partition coefficient (Wildman–Crippen LogP) is 12.7. The molecule has 2 aliphatic carbocycles. The lowest BCUT2D eigenvalue weighted by molar-refractivity contribution is -0.161. The SMILES string of the molecule is CCOC(=O)C1=CCCCC1S(=O)(=O)N(Cc1cc(C)c(CC(C)(C)OC(=O)[C@@H]2CCCN2C(=O)OC(C)(C)Cc2c(C)cc(CN(c3ccc(F)cc3Cl)S(=O)(=O)C3CCCC=C3C(=O)OCC)cc2C)c(C)c1)c1ccc(F)cc1Cl. The summed E-state index contributed by atoms with van der Waals surface area (Å²) >= 11 is 13.1. The van der Waals surface area contributed by atoms with Crippen molar-refractivity contribution in [1.29, 1.82) is 0 Å². The van der Waals surface area contributed by atoms with Crippen molar-refractivity contribution in [2.45, 2.75) is 174 Å². The average Bonchev–Trinajstić information content (AvgIpc) is 2.53. The normalized spacial score (nSPS) is 17.8. The Hall–Kier alpha value is -6.02. The molecule has 2 unspecified atom stereocenters. The Balaban J connectivity index is 1.03. The zero-order valence-corrected chi connectivity index (χ0v) is 52.0. The van der Waals surface area contributed by atoms with Gasteiger partial charge in [0.05, 0.1) is 58.9 Å². The lowest BCUT2D eigenvalue weighted by Gasteiger charge is -2.33. The van der Waals surface area contributed by atoms with Gasteiger partial charge in [0.25, 0.3) is 0 Å². The number of halogens is 4. The molecule has 0 saturated carbocycles. The van der Waals surface area contributed by atoms with Crippen molar-refractivity contribution >= 4 is 78.6 Å². The smallest absolute Gasteiger partial charge is 0.411 e. The number of sulfonamides is 2. The number of allylic oxidation sites excluding steroid dienone is 2. The van der Waals surface area contributed by atoms with Crippen LogP contribution in [0, 0.1) is 39.3 Å². The second kappa shape index (κ2) is 26.5. The number of ether oxygens (including phenoxy) is 4. The summed E-state index contributed by atoms with van der Waals surface area (Å²) in [4.78, 5) is 55.7. The van der Waals surface area contributed by atoms with Crippen LogP contribution < -0.4 is 8.61 Å². The maximum atomic E-state index is 14.7. The van der Waals surface area contributed by atoms with E-state index in [4.69, 9.17) is 42.1 Å². The number of esters is 3. The molecule has 1 fully saturated rings. The molecule has 3 atom stereocenters. The van der Waals surface area contributed by atoms with Crippen LogP contribution in [0.2, 0.25) is 10.0 Å². The number of aryl methyl sites for hydroxylation is 4. The first-order valence-electron chi connectivity index (χ1n) is 28.1. The second-order valence-corrected chi connectivity index (χ2v) is 27.7. The van der Waals surface area contributed by atoms with Crippen molar-refractivity contribution in [3.8, 4) is 0 Å². The Morgan fingerprint density at radius 1 is 0.602 bits per heavy atom. The van der Waals surface area contributed by atoms with E-state index in [0.29, 0.717) is 49.7 Å². The van der Waals surface area contributed by atoms with Crippen LogP contribution in [-0.4, -0.2) is 93.2 Å². The highest BCUT2D eigenvalue weighted by Crippen LogP contribution is 2.39. The maximum absolute atomic E-state index is 14.7. The molecule has 3 aliphatic rings. The van der Waals surface area contributed by atoms with E-state index < -0.39 is 83.4 Å². The molecule has 83 heavy (non-hydrogen) atoms. The highest BCUT2D eigenvalue weighted by atomic mass is 35.5. The number of rotatable bonds is 21. The van der Waals surface area contributed by atoms with Crippen molar-refractivity contribution in [3.63, 3.8) is 0 Å². The Bertz CT molecular complexity index is 3170. The molecule has 21 heteroatoms. The zero-order chi connectivity index (χ0) is 60.9. The van der Waals surface area contributed by atoms with Gasteiger partial charge in [-0.3, -0.25) is 13.5 Å². The van der Waals surface area contributed by atoms with Crippen LogP contribution in [0.4, 0.5) is 25.0 Å². The summed E-state index contributed by atoms with van der Waals surface area (Å²) in [5.74, 6) is -3.31. The highest BCUT2D eigenvalue weighted by Gasteiger charge is 2.44.